The molecule has 0 spiro atoms. The molecular formula is C16H22ClNO5. The quantitative estimate of drug-likeness (QED) is 0.858. The molecule has 0 aromatic heterocycles. The second-order valence-corrected chi connectivity index (χ2v) is 5.95. The van der Waals surface area contributed by atoms with Crippen molar-refractivity contribution in [3.63, 3.8) is 0 Å². The predicted molar refractivity (Wildman–Crippen MR) is 86.6 cm³/mol. The standard InChI is InChI=1S/C16H22ClNO5/c1-9(2)23-14-6-11(17)10(5-13(14)20-3)16(19)18-12-7-22-8-15(12)21-4/h5-6,9,12,15H,7-8H2,1-4H3,(H,18,19)/t12-,15-/m0/s1. The summed E-state index contributed by atoms with van der Waals surface area (Å²) < 4.78 is 21.5. The molecule has 0 unspecified atom stereocenters. The summed E-state index contributed by atoms with van der Waals surface area (Å²) in [6.07, 6.45) is -0.194. The van der Waals surface area contributed by atoms with Crippen LogP contribution in [0.1, 0.15) is 24.2 Å². The summed E-state index contributed by atoms with van der Waals surface area (Å²) in [6, 6.07) is 2.96. The first-order valence-electron chi connectivity index (χ1n) is 7.41. The van der Waals surface area contributed by atoms with Crippen molar-refractivity contribution in [2.45, 2.75) is 32.1 Å². The molecule has 1 saturated heterocycles. The number of carbonyl (C=O) groups excluding carboxylic acids is 1. The van der Waals surface area contributed by atoms with E-state index in [4.69, 9.17) is 30.5 Å². The fraction of sp³-hybridized carbons (Fsp3) is 0.562. The Labute approximate surface area is 141 Å². The molecule has 6 nitrogen and oxygen atoms in total. The SMILES string of the molecule is COc1cc(C(=O)N[C@H]2COC[C@@H]2OC)c(Cl)cc1OC(C)C. The van der Waals surface area contributed by atoms with Gasteiger partial charge in [-0.15, -0.1) is 0 Å². The van der Waals surface area contributed by atoms with E-state index in [1.54, 1.807) is 19.2 Å². The van der Waals surface area contributed by atoms with Crippen LogP contribution in [0.5, 0.6) is 11.5 Å². The van der Waals surface area contributed by atoms with Crippen LogP contribution in [0.15, 0.2) is 12.1 Å². The van der Waals surface area contributed by atoms with Crippen molar-refractivity contribution in [3.05, 3.63) is 22.7 Å². The highest BCUT2D eigenvalue weighted by Crippen LogP contribution is 2.34. The fourth-order valence-corrected chi connectivity index (χ4v) is 2.60. The zero-order valence-corrected chi connectivity index (χ0v) is 14.5. The number of benzene rings is 1. The van der Waals surface area contributed by atoms with Crippen LogP contribution in [0.4, 0.5) is 0 Å². The molecule has 0 radical (unpaired) electrons. The Morgan fingerprint density at radius 1 is 1.30 bits per heavy atom. The van der Waals surface area contributed by atoms with Gasteiger partial charge >= 0.3 is 0 Å². The van der Waals surface area contributed by atoms with Crippen molar-refractivity contribution in [3.8, 4) is 11.5 Å². The highest BCUT2D eigenvalue weighted by atomic mass is 35.5. The summed E-state index contributed by atoms with van der Waals surface area (Å²) in [5, 5.41) is 3.18. The zero-order valence-electron chi connectivity index (χ0n) is 13.7. The zero-order chi connectivity index (χ0) is 17.0. The number of nitrogens with one attached hydrogen (secondary N) is 1. The molecule has 2 atom stereocenters. The molecule has 128 valence electrons. The van der Waals surface area contributed by atoms with Crippen LogP contribution in [0.3, 0.4) is 0 Å². The molecule has 1 aliphatic rings. The van der Waals surface area contributed by atoms with Crippen LogP contribution in [-0.2, 0) is 9.47 Å². The molecule has 1 aliphatic heterocycles. The van der Waals surface area contributed by atoms with Crippen molar-refractivity contribution in [2.24, 2.45) is 0 Å². The first-order chi connectivity index (χ1) is 11.0. The van der Waals surface area contributed by atoms with Gasteiger partial charge in [0.15, 0.2) is 11.5 Å². The van der Waals surface area contributed by atoms with Gasteiger partial charge in [0, 0.05) is 13.2 Å². The number of rotatable bonds is 6. The summed E-state index contributed by atoms with van der Waals surface area (Å²) >= 11 is 6.23. The lowest BCUT2D eigenvalue weighted by Crippen LogP contribution is -2.43. The molecule has 0 bridgehead atoms. The Morgan fingerprint density at radius 2 is 2.04 bits per heavy atom. The van der Waals surface area contributed by atoms with Gasteiger partial charge in [0.05, 0.1) is 43.1 Å². The molecule has 1 aromatic rings. The Kier molecular flexibility index (Phi) is 6.10. The third-order valence-corrected chi connectivity index (χ3v) is 3.82. The van der Waals surface area contributed by atoms with Gasteiger partial charge in [0.2, 0.25) is 0 Å². The fourth-order valence-electron chi connectivity index (χ4n) is 2.36. The van der Waals surface area contributed by atoms with Crippen LogP contribution in [-0.4, -0.2) is 51.6 Å². The van der Waals surface area contributed by atoms with Gasteiger partial charge in [-0.1, -0.05) is 11.6 Å². The van der Waals surface area contributed by atoms with Crippen molar-refractivity contribution in [1.82, 2.24) is 5.32 Å². The van der Waals surface area contributed by atoms with E-state index >= 15 is 0 Å². The molecule has 23 heavy (non-hydrogen) atoms. The van der Waals surface area contributed by atoms with E-state index in [9.17, 15) is 4.79 Å². The number of hydrogen-bond donors (Lipinski definition) is 1. The Morgan fingerprint density at radius 3 is 2.65 bits per heavy atom. The molecular weight excluding hydrogens is 322 g/mol. The first-order valence-corrected chi connectivity index (χ1v) is 7.79. The summed E-state index contributed by atoms with van der Waals surface area (Å²) in [5.41, 5.74) is 0.321. The van der Waals surface area contributed by atoms with E-state index in [0.717, 1.165) is 0 Å². The van der Waals surface area contributed by atoms with Gasteiger partial charge in [-0.05, 0) is 19.9 Å². The number of carbonyl (C=O) groups is 1. The Balaban J connectivity index is 2.19. The van der Waals surface area contributed by atoms with Gasteiger partial charge in [0.25, 0.3) is 5.91 Å². The van der Waals surface area contributed by atoms with Gasteiger partial charge < -0.3 is 24.3 Å². The summed E-state index contributed by atoms with van der Waals surface area (Å²) in [6.45, 7) is 4.67. The van der Waals surface area contributed by atoms with Crippen LogP contribution in [0.2, 0.25) is 5.02 Å². The number of methoxy groups -OCH3 is 2. The van der Waals surface area contributed by atoms with Crippen LogP contribution in [0, 0.1) is 0 Å². The highest BCUT2D eigenvalue weighted by molar-refractivity contribution is 6.34. The maximum Gasteiger partial charge on any atom is 0.253 e. The minimum Gasteiger partial charge on any atom is -0.493 e. The molecule has 7 heteroatoms. The average molecular weight is 344 g/mol. The van der Waals surface area contributed by atoms with Crippen molar-refractivity contribution in [1.29, 1.82) is 0 Å². The van der Waals surface area contributed by atoms with Crippen LogP contribution >= 0.6 is 11.6 Å². The van der Waals surface area contributed by atoms with Crippen molar-refractivity contribution >= 4 is 17.5 Å². The minimum atomic E-state index is -0.304. The van der Waals surface area contributed by atoms with Crippen molar-refractivity contribution in [2.75, 3.05) is 27.4 Å². The molecule has 1 amide bonds. The second-order valence-electron chi connectivity index (χ2n) is 5.54. The normalized spacial score (nSPS) is 20.6. The van der Waals surface area contributed by atoms with E-state index in [1.807, 2.05) is 13.8 Å². The largest absolute Gasteiger partial charge is 0.493 e. The number of halogens is 1. The van der Waals surface area contributed by atoms with Gasteiger partial charge in [-0.3, -0.25) is 4.79 Å². The molecule has 2 rings (SSSR count). The van der Waals surface area contributed by atoms with E-state index in [1.165, 1.54) is 7.11 Å². The van der Waals surface area contributed by atoms with E-state index in [-0.39, 0.29) is 24.2 Å². The lowest BCUT2D eigenvalue weighted by atomic mass is 10.1. The number of hydrogen-bond acceptors (Lipinski definition) is 5. The maximum absolute atomic E-state index is 12.5. The molecule has 1 heterocycles. The third kappa shape index (κ3) is 4.28. The van der Waals surface area contributed by atoms with Crippen molar-refractivity contribution < 1.29 is 23.7 Å². The lowest BCUT2D eigenvalue weighted by Gasteiger charge is -2.19. The Hall–Kier alpha value is -1.50. The predicted octanol–water partition coefficient (Wildman–Crippen LogP) is 2.28. The molecule has 0 aliphatic carbocycles. The van der Waals surface area contributed by atoms with Gasteiger partial charge in [-0.25, -0.2) is 0 Å². The summed E-state index contributed by atoms with van der Waals surface area (Å²) in [4.78, 5) is 12.5. The molecule has 1 aromatic carbocycles. The smallest absolute Gasteiger partial charge is 0.253 e. The van der Waals surface area contributed by atoms with E-state index in [0.29, 0.717) is 35.3 Å². The van der Waals surface area contributed by atoms with Crippen LogP contribution < -0.4 is 14.8 Å². The Bertz CT molecular complexity index is 564. The molecule has 1 fully saturated rings. The van der Waals surface area contributed by atoms with E-state index in [2.05, 4.69) is 5.32 Å². The molecule has 0 saturated carbocycles. The van der Waals surface area contributed by atoms with Gasteiger partial charge in [-0.2, -0.15) is 0 Å². The highest BCUT2D eigenvalue weighted by Gasteiger charge is 2.30. The van der Waals surface area contributed by atoms with E-state index < -0.39 is 0 Å². The minimum absolute atomic E-state index is 0.0299. The molecule has 1 N–H and O–H groups in total. The third-order valence-electron chi connectivity index (χ3n) is 3.51. The second kappa shape index (κ2) is 7.86. The summed E-state index contributed by atoms with van der Waals surface area (Å²) in [7, 11) is 3.11. The maximum atomic E-state index is 12.5. The number of ether oxygens (including phenoxy) is 4. The van der Waals surface area contributed by atoms with Gasteiger partial charge in [0.1, 0.15) is 6.10 Å². The summed E-state index contributed by atoms with van der Waals surface area (Å²) in [5.74, 6) is 0.657. The lowest BCUT2D eigenvalue weighted by molar-refractivity contribution is 0.0685. The topological polar surface area (TPSA) is 66.0 Å². The first kappa shape index (κ1) is 17.8. The monoisotopic (exact) mass is 343 g/mol. The average Bonchev–Trinajstić information content (AvgIpc) is 2.93. The number of amides is 1. The van der Waals surface area contributed by atoms with Crippen LogP contribution in [0.25, 0.3) is 0 Å².